The first-order valence-electron chi connectivity index (χ1n) is 7.34. The summed E-state index contributed by atoms with van der Waals surface area (Å²) in [5, 5.41) is 4.03. The second-order valence-corrected chi connectivity index (χ2v) is 6.01. The van der Waals surface area contributed by atoms with E-state index in [-0.39, 0.29) is 0 Å². The van der Waals surface area contributed by atoms with Crippen LogP contribution in [-0.4, -0.2) is 10.1 Å². The molecule has 0 aliphatic heterocycles. The topological polar surface area (TPSA) is 38.9 Å². The van der Waals surface area contributed by atoms with Crippen molar-refractivity contribution in [3.63, 3.8) is 0 Å². The van der Waals surface area contributed by atoms with E-state index < -0.39 is 0 Å². The van der Waals surface area contributed by atoms with Gasteiger partial charge in [-0.3, -0.25) is 4.98 Å². The van der Waals surface area contributed by atoms with Crippen LogP contribution >= 0.6 is 0 Å². The minimum Gasteiger partial charge on any atom is -0.361 e. The quantitative estimate of drug-likeness (QED) is 0.839. The van der Waals surface area contributed by atoms with Gasteiger partial charge in [0, 0.05) is 17.3 Å². The number of hydrogen-bond acceptors (Lipinski definition) is 3. The van der Waals surface area contributed by atoms with Crippen molar-refractivity contribution in [3.05, 3.63) is 41.1 Å². The van der Waals surface area contributed by atoms with E-state index in [0.717, 1.165) is 34.9 Å². The van der Waals surface area contributed by atoms with Gasteiger partial charge >= 0.3 is 0 Å². The fraction of sp³-hybridized carbons (Fsp3) is 0.412. The van der Waals surface area contributed by atoms with Gasteiger partial charge in [0.25, 0.3) is 0 Å². The monoisotopic (exact) mass is 266 g/mol. The van der Waals surface area contributed by atoms with Gasteiger partial charge in [0.1, 0.15) is 5.76 Å². The lowest BCUT2D eigenvalue weighted by Crippen LogP contribution is -1.93. The highest BCUT2D eigenvalue weighted by atomic mass is 16.5. The zero-order valence-electron chi connectivity index (χ0n) is 11.9. The van der Waals surface area contributed by atoms with Crippen molar-refractivity contribution in [1.82, 2.24) is 10.1 Å². The summed E-state index contributed by atoms with van der Waals surface area (Å²) < 4.78 is 5.26. The van der Waals surface area contributed by atoms with E-state index in [1.807, 2.05) is 20.0 Å². The second kappa shape index (κ2) is 4.30. The highest BCUT2D eigenvalue weighted by Crippen LogP contribution is 2.41. The van der Waals surface area contributed by atoms with Gasteiger partial charge in [0.2, 0.25) is 0 Å². The Kier molecular flexibility index (Phi) is 2.56. The van der Waals surface area contributed by atoms with Crippen LogP contribution in [-0.2, 0) is 6.42 Å². The van der Waals surface area contributed by atoms with Crippen LogP contribution in [0.5, 0.6) is 0 Å². The second-order valence-electron chi connectivity index (χ2n) is 6.01. The molecule has 2 aromatic heterocycles. The fourth-order valence-corrected chi connectivity index (χ4v) is 3.13. The molecule has 3 heteroatoms. The molecule has 2 heterocycles. The molecule has 2 aliphatic carbocycles. The SMILES string of the molecule is Cc1noc(C)c1-c1cnc2c(c1)CC=C2CC1CC1. The van der Waals surface area contributed by atoms with Crippen molar-refractivity contribution in [3.8, 4) is 11.1 Å². The highest BCUT2D eigenvalue weighted by Gasteiger charge is 2.26. The van der Waals surface area contributed by atoms with Crippen LogP contribution in [0, 0.1) is 19.8 Å². The molecule has 2 aromatic rings. The van der Waals surface area contributed by atoms with Gasteiger partial charge in [-0.15, -0.1) is 0 Å². The molecule has 1 saturated carbocycles. The van der Waals surface area contributed by atoms with Gasteiger partial charge in [0.05, 0.1) is 11.4 Å². The first-order valence-corrected chi connectivity index (χ1v) is 7.34. The van der Waals surface area contributed by atoms with Crippen molar-refractivity contribution in [2.75, 3.05) is 0 Å². The maximum absolute atomic E-state index is 5.26. The molecule has 0 bridgehead atoms. The van der Waals surface area contributed by atoms with Crippen molar-refractivity contribution in [2.24, 2.45) is 5.92 Å². The van der Waals surface area contributed by atoms with E-state index in [4.69, 9.17) is 9.51 Å². The van der Waals surface area contributed by atoms with E-state index in [1.54, 1.807) is 0 Å². The molecule has 3 nitrogen and oxygen atoms in total. The van der Waals surface area contributed by atoms with Gasteiger partial charge in [-0.05, 0) is 62.7 Å². The van der Waals surface area contributed by atoms with Crippen LogP contribution in [0.4, 0.5) is 0 Å². The van der Waals surface area contributed by atoms with Gasteiger partial charge in [-0.25, -0.2) is 0 Å². The minimum absolute atomic E-state index is 0.869. The van der Waals surface area contributed by atoms with Gasteiger partial charge in [0.15, 0.2) is 0 Å². The molecule has 0 spiro atoms. The first-order chi connectivity index (χ1) is 9.72. The number of hydrogen-bond donors (Lipinski definition) is 0. The zero-order valence-corrected chi connectivity index (χ0v) is 11.9. The summed E-state index contributed by atoms with van der Waals surface area (Å²) in [6.07, 6.45) is 9.34. The number of allylic oxidation sites excluding steroid dienone is 2. The standard InChI is InChI=1S/C17H18N2O/c1-10-16(11(2)20-19-10)15-8-14-6-5-13(7-12-3-4-12)17(14)18-9-15/h5,8-9,12H,3-4,6-7H2,1-2H3. The fourth-order valence-electron chi connectivity index (χ4n) is 3.13. The summed E-state index contributed by atoms with van der Waals surface area (Å²) in [6, 6.07) is 2.26. The summed E-state index contributed by atoms with van der Waals surface area (Å²) in [5.74, 6) is 1.78. The Balaban J connectivity index is 1.70. The van der Waals surface area contributed by atoms with E-state index in [2.05, 4.69) is 17.3 Å². The smallest absolute Gasteiger partial charge is 0.141 e. The number of fused-ring (bicyclic) bond motifs is 1. The molecule has 0 atom stereocenters. The van der Waals surface area contributed by atoms with Crippen LogP contribution in [0.3, 0.4) is 0 Å². The van der Waals surface area contributed by atoms with Crippen LogP contribution in [0.2, 0.25) is 0 Å². The highest BCUT2D eigenvalue weighted by molar-refractivity contribution is 5.75. The molecule has 1 fully saturated rings. The number of aryl methyl sites for hydroxylation is 2. The summed E-state index contributed by atoms with van der Waals surface area (Å²) in [7, 11) is 0. The summed E-state index contributed by atoms with van der Waals surface area (Å²) in [6.45, 7) is 3.94. The molecule has 4 rings (SSSR count). The molecule has 102 valence electrons. The third-order valence-electron chi connectivity index (χ3n) is 4.37. The summed E-state index contributed by atoms with van der Waals surface area (Å²) in [4.78, 5) is 4.72. The molecule has 2 aliphatic rings. The number of rotatable bonds is 3. The molecule has 0 unspecified atom stereocenters. The summed E-state index contributed by atoms with van der Waals surface area (Å²) >= 11 is 0. The molecular weight excluding hydrogens is 248 g/mol. The lowest BCUT2D eigenvalue weighted by Gasteiger charge is -2.07. The lowest BCUT2D eigenvalue weighted by atomic mass is 10.0. The molecular formula is C17H18N2O. The predicted molar refractivity (Wildman–Crippen MR) is 78.2 cm³/mol. The molecule has 20 heavy (non-hydrogen) atoms. The molecule has 0 radical (unpaired) electrons. The first kappa shape index (κ1) is 11.9. The van der Waals surface area contributed by atoms with Crippen molar-refractivity contribution in [1.29, 1.82) is 0 Å². The lowest BCUT2D eigenvalue weighted by molar-refractivity contribution is 0.393. The third-order valence-corrected chi connectivity index (χ3v) is 4.37. The molecule has 0 aromatic carbocycles. The zero-order chi connectivity index (χ0) is 13.7. The Morgan fingerprint density at radius 3 is 2.85 bits per heavy atom. The average molecular weight is 266 g/mol. The Hall–Kier alpha value is -1.90. The predicted octanol–water partition coefficient (Wildman–Crippen LogP) is 4.09. The van der Waals surface area contributed by atoms with E-state index in [0.29, 0.717) is 0 Å². The van der Waals surface area contributed by atoms with Crippen molar-refractivity contribution >= 4 is 5.57 Å². The largest absolute Gasteiger partial charge is 0.361 e. The Labute approximate surface area is 118 Å². The van der Waals surface area contributed by atoms with Crippen LogP contribution in [0.1, 0.15) is 42.0 Å². The number of aromatic nitrogens is 2. The molecule has 0 saturated heterocycles. The summed E-state index contributed by atoms with van der Waals surface area (Å²) in [5.41, 5.74) is 7.17. The maximum atomic E-state index is 5.26. The Morgan fingerprint density at radius 2 is 2.15 bits per heavy atom. The number of nitrogens with zero attached hydrogens (tertiary/aromatic N) is 2. The van der Waals surface area contributed by atoms with Crippen LogP contribution in [0.15, 0.2) is 22.9 Å². The normalized spacial score (nSPS) is 17.2. The third kappa shape index (κ3) is 1.89. The van der Waals surface area contributed by atoms with E-state index in [9.17, 15) is 0 Å². The van der Waals surface area contributed by atoms with E-state index >= 15 is 0 Å². The van der Waals surface area contributed by atoms with Gasteiger partial charge in [-0.2, -0.15) is 0 Å². The maximum Gasteiger partial charge on any atom is 0.141 e. The Bertz CT molecular complexity index is 688. The molecule has 0 amide bonds. The van der Waals surface area contributed by atoms with Gasteiger partial charge < -0.3 is 4.52 Å². The van der Waals surface area contributed by atoms with Gasteiger partial charge in [-0.1, -0.05) is 11.2 Å². The van der Waals surface area contributed by atoms with Crippen molar-refractivity contribution in [2.45, 2.75) is 39.5 Å². The molecule has 0 N–H and O–H groups in total. The minimum atomic E-state index is 0.869. The number of pyridine rings is 1. The van der Waals surface area contributed by atoms with Crippen LogP contribution in [0.25, 0.3) is 16.7 Å². The van der Waals surface area contributed by atoms with Crippen LogP contribution < -0.4 is 0 Å². The van der Waals surface area contributed by atoms with Crippen molar-refractivity contribution < 1.29 is 4.52 Å². The Morgan fingerprint density at radius 1 is 1.30 bits per heavy atom. The average Bonchev–Trinajstić information content (AvgIpc) is 3.08. The van der Waals surface area contributed by atoms with E-state index in [1.165, 1.54) is 36.1 Å².